The second-order valence-electron chi connectivity index (χ2n) is 4.48. The predicted octanol–water partition coefficient (Wildman–Crippen LogP) is 3.21. The molecule has 0 heterocycles. The number of hydrogen-bond acceptors (Lipinski definition) is 2. The second-order valence-corrected chi connectivity index (χ2v) is 4.91. The van der Waals surface area contributed by atoms with E-state index in [1.54, 1.807) is 6.92 Å². The van der Waals surface area contributed by atoms with Crippen LogP contribution < -0.4 is 5.32 Å². The number of carbonyl (C=O) groups is 1. The van der Waals surface area contributed by atoms with Gasteiger partial charge in [-0.25, -0.2) is 4.39 Å². The average Bonchev–Trinajstić information content (AvgIpc) is 2.30. The summed E-state index contributed by atoms with van der Waals surface area (Å²) in [5.41, 5.74) is -0.685. The Bertz CT molecular complexity index is 439. The molecule has 0 saturated heterocycles. The first-order valence-electron chi connectivity index (χ1n) is 5.81. The third-order valence-electron chi connectivity index (χ3n) is 2.90. The van der Waals surface area contributed by atoms with Crippen LogP contribution in [-0.2, 0) is 11.3 Å². The Labute approximate surface area is 111 Å². The Morgan fingerprint density at radius 2 is 2.22 bits per heavy atom. The molecule has 0 aliphatic carbocycles. The molecule has 0 aliphatic rings. The minimum Gasteiger partial charge on any atom is -0.480 e. The van der Waals surface area contributed by atoms with Gasteiger partial charge in [0.25, 0.3) is 0 Å². The van der Waals surface area contributed by atoms with Crippen molar-refractivity contribution >= 4 is 17.6 Å². The Morgan fingerprint density at radius 3 is 2.78 bits per heavy atom. The van der Waals surface area contributed by atoms with Crippen molar-refractivity contribution in [1.82, 2.24) is 5.32 Å². The molecule has 0 spiro atoms. The predicted molar refractivity (Wildman–Crippen MR) is 69.2 cm³/mol. The summed E-state index contributed by atoms with van der Waals surface area (Å²) in [7, 11) is 0. The van der Waals surface area contributed by atoms with E-state index in [4.69, 9.17) is 11.6 Å². The van der Waals surface area contributed by atoms with E-state index in [-0.39, 0.29) is 6.54 Å². The SMILES string of the molecule is CCCC(C)(NCc1cc(Cl)ccc1F)C(=O)O. The van der Waals surface area contributed by atoms with E-state index in [2.05, 4.69) is 5.32 Å². The zero-order valence-electron chi connectivity index (χ0n) is 10.5. The van der Waals surface area contributed by atoms with Gasteiger partial charge in [0, 0.05) is 17.1 Å². The van der Waals surface area contributed by atoms with E-state index in [0.29, 0.717) is 17.0 Å². The maximum atomic E-state index is 13.5. The van der Waals surface area contributed by atoms with Crippen molar-refractivity contribution in [3.8, 4) is 0 Å². The van der Waals surface area contributed by atoms with Crippen molar-refractivity contribution in [3.63, 3.8) is 0 Å². The molecule has 0 aliphatic heterocycles. The smallest absolute Gasteiger partial charge is 0.323 e. The standard InChI is InChI=1S/C13H17ClFNO2/c1-3-6-13(2,12(17)18)16-8-9-7-10(14)4-5-11(9)15/h4-5,7,16H,3,6,8H2,1-2H3,(H,17,18). The van der Waals surface area contributed by atoms with Crippen molar-refractivity contribution in [2.24, 2.45) is 0 Å². The third-order valence-corrected chi connectivity index (χ3v) is 3.13. The van der Waals surface area contributed by atoms with Crippen LogP contribution in [0.1, 0.15) is 32.3 Å². The fourth-order valence-electron chi connectivity index (χ4n) is 1.74. The summed E-state index contributed by atoms with van der Waals surface area (Å²) in [6.07, 6.45) is 1.21. The van der Waals surface area contributed by atoms with Gasteiger partial charge in [0.1, 0.15) is 11.4 Å². The van der Waals surface area contributed by atoms with Crippen molar-refractivity contribution in [2.45, 2.75) is 38.8 Å². The van der Waals surface area contributed by atoms with Crippen molar-refractivity contribution in [2.75, 3.05) is 0 Å². The molecule has 1 aromatic carbocycles. The zero-order valence-corrected chi connectivity index (χ0v) is 11.2. The summed E-state index contributed by atoms with van der Waals surface area (Å²) >= 11 is 5.78. The molecule has 1 unspecified atom stereocenters. The van der Waals surface area contributed by atoms with Gasteiger partial charge in [0.15, 0.2) is 0 Å². The van der Waals surface area contributed by atoms with Gasteiger partial charge in [-0.3, -0.25) is 10.1 Å². The van der Waals surface area contributed by atoms with Crippen LogP contribution in [0.2, 0.25) is 5.02 Å². The fourth-order valence-corrected chi connectivity index (χ4v) is 1.93. The number of rotatable bonds is 6. The summed E-state index contributed by atoms with van der Waals surface area (Å²) in [5.74, 6) is -1.33. The molecular weight excluding hydrogens is 257 g/mol. The van der Waals surface area contributed by atoms with Crippen molar-refractivity contribution in [1.29, 1.82) is 0 Å². The van der Waals surface area contributed by atoms with Crippen LogP contribution in [0.15, 0.2) is 18.2 Å². The molecule has 18 heavy (non-hydrogen) atoms. The molecule has 1 rings (SSSR count). The molecule has 1 atom stereocenters. The number of aliphatic carboxylic acids is 1. The van der Waals surface area contributed by atoms with E-state index >= 15 is 0 Å². The van der Waals surface area contributed by atoms with Crippen LogP contribution in [-0.4, -0.2) is 16.6 Å². The molecule has 3 nitrogen and oxygen atoms in total. The van der Waals surface area contributed by atoms with E-state index < -0.39 is 17.3 Å². The summed E-state index contributed by atoms with van der Waals surface area (Å²) < 4.78 is 13.5. The number of carboxylic acids is 1. The lowest BCUT2D eigenvalue weighted by molar-refractivity contribution is -0.144. The Morgan fingerprint density at radius 1 is 1.56 bits per heavy atom. The quantitative estimate of drug-likeness (QED) is 0.837. The maximum Gasteiger partial charge on any atom is 0.323 e. The second kappa shape index (κ2) is 6.16. The molecule has 0 saturated carbocycles. The Balaban J connectivity index is 2.79. The lowest BCUT2D eigenvalue weighted by atomic mass is 9.96. The lowest BCUT2D eigenvalue weighted by Crippen LogP contribution is -2.49. The van der Waals surface area contributed by atoms with Crippen LogP contribution >= 0.6 is 11.6 Å². The van der Waals surface area contributed by atoms with Gasteiger partial charge in [-0.15, -0.1) is 0 Å². The highest BCUT2D eigenvalue weighted by molar-refractivity contribution is 6.30. The van der Waals surface area contributed by atoms with Gasteiger partial charge < -0.3 is 5.11 Å². The van der Waals surface area contributed by atoms with Crippen LogP contribution in [0.3, 0.4) is 0 Å². The molecule has 0 amide bonds. The number of carboxylic acid groups (broad SMARTS) is 1. The topological polar surface area (TPSA) is 49.3 Å². The first-order valence-corrected chi connectivity index (χ1v) is 6.19. The van der Waals surface area contributed by atoms with Gasteiger partial charge in [-0.2, -0.15) is 0 Å². The van der Waals surface area contributed by atoms with Gasteiger partial charge >= 0.3 is 5.97 Å². The molecule has 0 bridgehead atoms. The summed E-state index contributed by atoms with van der Waals surface area (Å²) in [6.45, 7) is 3.64. The average molecular weight is 274 g/mol. The molecule has 1 aromatic rings. The Hall–Kier alpha value is -1.13. The first kappa shape index (κ1) is 14.9. The Kier molecular flexibility index (Phi) is 5.11. The van der Waals surface area contributed by atoms with Crippen LogP contribution in [0.4, 0.5) is 4.39 Å². The normalized spacial score (nSPS) is 14.2. The summed E-state index contributed by atoms with van der Waals surface area (Å²) in [5, 5.41) is 12.5. The minimum absolute atomic E-state index is 0.134. The highest BCUT2D eigenvalue weighted by Crippen LogP contribution is 2.18. The molecular formula is C13H17ClFNO2. The van der Waals surface area contributed by atoms with Crippen molar-refractivity contribution in [3.05, 3.63) is 34.6 Å². The molecule has 100 valence electrons. The fraction of sp³-hybridized carbons (Fsp3) is 0.462. The maximum absolute atomic E-state index is 13.5. The van der Waals surface area contributed by atoms with E-state index in [9.17, 15) is 14.3 Å². The molecule has 0 fully saturated rings. The van der Waals surface area contributed by atoms with Crippen molar-refractivity contribution < 1.29 is 14.3 Å². The number of nitrogens with one attached hydrogen (secondary N) is 1. The number of benzene rings is 1. The highest BCUT2D eigenvalue weighted by atomic mass is 35.5. The van der Waals surface area contributed by atoms with Gasteiger partial charge in [-0.1, -0.05) is 24.9 Å². The first-order chi connectivity index (χ1) is 8.39. The highest BCUT2D eigenvalue weighted by Gasteiger charge is 2.31. The molecule has 2 N–H and O–H groups in total. The number of hydrogen-bond donors (Lipinski definition) is 2. The molecule has 0 aromatic heterocycles. The summed E-state index contributed by atoms with van der Waals surface area (Å²) in [6, 6.07) is 4.23. The third kappa shape index (κ3) is 3.68. The van der Waals surface area contributed by atoms with E-state index in [1.807, 2.05) is 6.92 Å². The molecule has 5 heteroatoms. The van der Waals surface area contributed by atoms with Gasteiger partial charge in [0.2, 0.25) is 0 Å². The summed E-state index contributed by atoms with van der Waals surface area (Å²) in [4.78, 5) is 11.2. The van der Waals surface area contributed by atoms with E-state index in [0.717, 1.165) is 6.42 Å². The van der Waals surface area contributed by atoms with Gasteiger partial charge in [0.05, 0.1) is 0 Å². The lowest BCUT2D eigenvalue weighted by Gasteiger charge is -2.26. The monoisotopic (exact) mass is 273 g/mol. The minimum atomic E-state index is -1.05. The largest absolute Gasteiger partial charge is 0.480 e. The zero-order chi connectivity index (χ0) is 13.8. The van der Waals surface area contributed by atoms with Crippen LogP contribution in [0.25, 0.3) is 0 Å². The van der Waals surface area contributed by atoms with Crippen LogP contribution in [0.5, 0.6) is 0 Å². The molecule has 0 radical (unpaired) electrons. The van der Waals surface area contributed by atoms with E-state index in [1.165, 1.54) is 18.2 Å². The van der Waals surface area contributed by atoms with Crippen LogP contribution in [0, 0.1) is 5.82 Å². The van der Waals surface area contributed by atoms with Gasteiger partial charge in [-0.05, 0) is 31.5 Å². The number of halogens is 2.